The second kappa shape index (κ2) is 5.42. The van der Waals surface area contributed by atoms with Crippen LogP contribution in [0.5, 0.6) is 0 Å². The molecule has 4 rings (SSSR count). The van der Waals surface area contributed by atoms with Crippen LogP contribution >= 0.6 is 0 Å². The number of hydrogen-bond donors (Lipinski definition) is 0. The maximum atomic E-state index is 2.78. The molecular weight excluding hydrogens is 296 g/mol. The molecule has 0 aliphatic carbocycles. The van der Waals surface area contributed by atoms with Crippen molar-refractivity contribution in [3.63, 3.8) is 0 Å². The first kappa shape index (κ1) is 17.3. The normalized spacial score (nSPS) is 33.5. The summed E-state index contributed by atoms with van der Waals surface area (Å²) in [6.07, 6.45) is 1.38. The first-order valence-electron chi connectivity index (χ1n) is 10.0. The number of nitrogens with zero attached hydrogens (tertiary/aromatic N) is 4. The van der Waals surface area contributed by atoms with Crippen molar-refractivity contribution < 1.29 is 0 Å². The lowest BCUT2D eigenvalue weighted by atomic mass is 9.71. The molecule has 0 amide bonds. The summed E-state index contributed by atoms with van der Waals surface area (Å²) in [5.41, 5.74) is 1.36. The lowest BCUT2D eigenvalue weighted by molar-refractivity contribution is -0.166. The Labute approximate surface area is 149 Å². The van der Waals surface area contributed by atoms with Gasteiger partial charge in [0.1, 0.15) is 0 Å². The van der Waals surface area contributed by atoms with Gasteiger partial charge < -0.3 is 0 Å². The quantitative estimate of drug-likeness (QED) is 0.765. The zero-order valence-corrected chi connectivity index (χ0v) is 16.8. The Morgan fingerprint density at radius 3 is 1.58 bits per heavy atom. The molecule has 4 saturated heterocycles. The summed E-state index contributed by atoms with van der Waals surface area (Å²) in [7, 11) is 0. The third kappa shape index (κ3) is 2.94. The van der Waals surface area contributed by atoms with E-state index >= 15 is 0 Å². The summed E-state index contributed by atoms with van der Waals surface area (Å²) in [5, 5.41) is 0. The van der Waals surface area contributed by atoms with Crippen LogP contribution in [0.1, 0.15) is 48.0 Å². The van der Waals surface area contributed by atoms with Gasteiger partial charge in [-0.25, -0.2) is 0 Å². The minimum Gasteiger partial charge on any atom is -0.298 e. The van der Waals surface area contributed by atoms with Gasteiger partial charge in [0, 0.05) is 80.9 Å². The highest BCUT2D eigenvalue weighted by molar-refractivity contribution is 5.11. The SMILES string of the molecule is CC(C)(C)N1CCC(N2CC3(C2)CN(C2CN(C(C)(C)C)C2)C3)C1. The van der Waals surface area contributed by atoms with E-state index in [9.17, 15) is 0 Å². The Bertz CT molecular complexity index is 469. The fourth-order valence-electron chi connectivity index (χ4n) is 5.23. The summed E-state index contributed by atoms with van der Waals surface area (Å²) < 4.78 is 0. The molecule has 1 spiro atoms. The van der Waals surface area contributed by atoms with Crippen LogP contribution < -0.4 is 0 Å². The molecule has 0 aromatic rings. The molecule has 1 atom stereocenters. The minimum absolute atomic E-state index is 0.341. The Hall–Kier alpha value is -0.160. The predicted octanol–water partition coefficient (Wildman–Crippen LogP) is 1.96. The average molecular weight is 335 g/mol. The topological polar surface area (TPSA) is 13.0 Å². The molecule has 4 aliphatic heterocycles. The van der Waals surface area contributed by atoms with E-state index in [1.165, 1.54) is 58.8 Å². The first-order chi connectivity index (χ1) is 11.1. The third-order valence-electron chi connectivity index (χ3n) is 7.11. The van der Waals surface area contributed by atoms with Crippen molar-refractivity contribution in [2.45, 2.75) is 71.1 Å². The maximum absolute atomic E-state index is 2.78. The highest BCUT2D eigenvalue weighted by atomic mass is 15.4. The van der Waals surface area contributed by atoms with Crippen LogP contribution in [0.15, 0.2) is 0 Å². The average Bonchev–Trinajstić information content (AvgIpc) is 2.74. The van der Waals surface area contributed by atoms with Gasteiger partial charge in [0.2, 0.25) is 0 Å². The van der Waals surface area contributed by atoms with E-state index in [2.05, 4.69) is 61.1 Å². The molecule has 4 aliphatic rings. The van der Waals surface area contributed by atoms with Crippen molar-refractivity contribution >= 4 is 0 Å². The molecule has 138 valence electrons. The summed E-state index contributed by atoms with van der Waals surface area (Å²) in [6, 6.07) is 1.66. The van der Waals surface area contributed by atoms with Gasteiger partial charge in [0.25, 0.3) is 0 Å². The van der Waals surface area contributed by atoms with E-state index in [1.54, 1.807) is 0 Å². The zero-order valence-electron chi connectivity index (χ0n) is 16.8. The van der Waals surface area contributed by atoms with E-state index in [0.717, 1.165) is 12.1 Å². The van der Waals surface area contributed by atoms with Crippen molar-refractivity contribution in [2.75, 3.05) is 52.4 Å². The second-order valence-corrected chi connectivity index (χ2v) is 11.1. The van der Waals surface area contributed by atoms with Crippen LogP contribution in [0, 0.1) is 5.41 Å². The first-order valence-corrected chi connectivity index (χ1v) is 10.0. The molecule has 0 aromatic heterocycles. The zero-order chi connectivity index (χ0) is 17.3. The van der Waals surface area contributed by atoms with Crippen molar-refractivity contribution in [1.29, 1.82) is 0 Å². The van der Waals surface area contributed by atoms with Crippen LogP contribution in [0.3, 0.4) is 0 Å². The summed E-state index contributed by atoms with van der Waals surface area (Å²) >= 11 is 0. The van der Waals surface area contributed by atoms with Crippen molar-refractivity contribution in [2.24, 2.45) is 5.41 Å². The molecule has 24 heavy (non-hydrogen) atoms. The van der Waals surface area contributed by atoms with Gasteiger partial charge in [-0.3, -0.25) is 19.6 Å². The summed E-state index contributed by atoms with van der Waals surface area (Å²) in [6.45, 7) is 24.7. The van der Waals surface area contributed by atoms with Crippen molar-refractivity contribution in [1.82, 2.24) is 19.6 Å². The molecule has 0 aromatic carbocycles. The molecule has 4 nitrogen and oxygen atoms in total. The molecule has 0 saturated carbocycles. The van der Waals surface area contributed by atoms with Gasteiger partial charge in [0.05, 0.1) is 0 Å². The number of hydrogen-bond acceptors (Lipinski definition) is 4. The lowest BCUT2D eigenvalue weighted by Gasteiger charge is -2.66. The predicted molar refractivity (Wildman–Crippen MR) is 100 cm³/mol. The molecule has 4 heteroatoms. The summed E-state index contributed by atoms with van der Waals surface area (Å²) in [5.74, 6) is 0. The Morgan fingerprint density at radius 2 is 1.12 bits per heavy atom. The van der Waals surface area contributed by atoms with Crippen molar-refractivity contribution in [3.05, 3.63) is 0 Å². The van der Waals surface area contributed by atoms with Crippen LogP contribution in [-0.4, -0.2) is 95.1 Å². The fourth-order valence-corrected chi connectivity index (χ4v) is 5.23. The molecule has 4 heterocycles. The number of rotatable bonds is 2. The van der Waals surface area contributed by atoms with Gasteiger partial charge in [-0.05, 0) is 48.0 Å². The van der Waals surface area contributed by atoms with E-state index in [4.69, 9.17) is 0 Å². The minimum atomic E-state index is 0.341. The van der Waals surface area contributed by atoms with Crippen LogP contribution in [0.25, 0.3) is 0 Å². The van der Waals surface area contributed by atoms with Gasteiger partial charge in [-0.1, -0.05) is 0 Å². The highest BCUT2D eigenvalue weighted by Gasteiger charge is 2.56. The molecule has 0 bridgehead atoms. The van der Waals surface area contributed by atoms with Crippen LogP contribution in [0.4, 0.5) is 0 Å². The molecular formula is C20H38N4. The fraction of sp³-hybridized carbons (Fsp3) is 1.00. The summed E-state index contributed by atoms with van der Waals surface area (Å²) in [4.78, 5) is 10.8. The number of likely N-dealkylation sites (tertiary alicyclic amines) is 4. The van der Waals surface area contributed by atoms with E-state index in [1.807, 2.05) is 0 Å². The van der Waals surface area contributed by atoms with Crippen molar-refractivity contribution in [3.8, 4) is 0 Å². The van der Waals surface area contributed by atoms with E-state index < -0.39 is 0 Å². The molecule has 4 fully saturated rings. The lowest BCUT2D eigenvalue weighted by Crippen LogP contribution is -2.78. The molecule has 1 unspecified atom stereocenters. The largest absolute Gasteiger partial charge is 0.298 e. The van der Waals surface area contributed by atoms with Gasteiger partial charge in [-0.15, -0.1) is 0 Å². The van der Waals surface area contributed by atoms with E-state index in [0.29, 0.717) is 16.5 Å². The Balaban J connectivity index is 1.19. The second-order valence-electron chi connectivity index (χ2n) is 11.1. The highest BCUT2D eigenvalue weighted by Crippen LogP contribution is 2.44. The third-order valence-corrected chi connectivity index (χ3v) is 7.11. The Morgan fingerprint density at radius 1 is 0.667 bits per heavy atom. The van der Waals surface area contributed by atoms with Crippen LogP contribution in [0.2, 0.25) is 0 Å². The smallest absolute Gasteiger partial charge is 0.0351 e. The van der Waals surface area contributed by atoms with E-state index in [-0.39, 0.29) is 0 Å². The maximum Gasteiger partial charge on any atom is 0.0351 e. The standard InChI is InChI=1S/C20H38N4/c1-18(2,3)23-8-7-16(9-23)21-12-20(13-21)14-22(15-20)17-10-24(11-17)19(4,5)6/h16-17H,7-15H2,1-6H3. The van der Waals surface area contributed by atoms with Crippen LogP contribution in [-0.2, 0) is 0 Å². The van der Waals surface area contributed by atoms with Gasteiger partial charge in [-0.2, -0.15) is 0 Å². The molecule has 0 radical (unpaired) electrons. The van der Waals surface area contributed by atoms with Gasteiger partial charge in [0.15, 0.2) is 0 Å². The van der Waals surface area contributed by atoms with Gasteiger partial charge >= 0.3 is 0 Å². The monoisotopic (exact) mass is 334 g/mol. The molecule has 0 N–H and O–H groups in total. The Kier molecular flexibility index (Phi) is 3.90.